The van der Waals surface area contributed by atoms with Crippen LogP contribution >= 0.6 is 0 Å². The molecule has 6 heteroatoms. The molecule has 0 aromatic heterocycles. The molecule has 0 radical (unpaired) electrons. The van der Waals surface area contributed by atoms with E-state index in [1.165, 1.54) is 13.0 Å². The van der Waals surface area contributed by atoms with E-state index in [0.29, 0.717) is 17.8 Å². The molecule has 19 heavy (non-hydrogen) atoms. The fraction of sp³-hybridized carbons (Fsp3) is 0.462. The zero-order chi connectivity index (χ0) is 14.6. The largest absolute Gasteiger partial charge is 0.368 e. The van der Waals surface area contributed by atoms with Crippen LogP contribution in [0.3, 0.4) is 0 Å². The number of likely N-dealkylation sites (N-methyl/N-ethyl adjacent to an activating group) is 2. The Bertz CT molecular complexity index is 486. The summed E-state index contributed by atoms with van der Waals surface area (Å²) >= 11 is 0. The van der Waals surface area contributed by atoms with E-state index in [1.807, 2.05) is 23.9 Å². The van der Waals surface area contributed by atoms with Crippen molar-refractivity contribution < 1.29 is 9.72 Å². The third-order valence-electron chi connectivity index (χ3n) is 2.87. The Morgan fingerprint density at radius 1 is 1.26 bits per heavy atom. The number of Topliss-reactive ketones (excluding diaryl/α,β-unsaturated/α-hetero) is 1. The number of rotatable bonds is 6. The summed E-state index contributed by atoms with van der Waals surface area (Å²) in [6.45, 7) is 2.86. The Morgan fingerprint density at radius 2 is 1.89 bits per heavy atom. The minimum absolute atomic E-state index is 0.0334. The molecule has 0 aliphatic carbocycles. The molecule has 6 nitrogen and oxygen atoms in total. The van der Waals surface area contributed by atoms with Crippen LogP contribution < -0.4 is 4.90 Å². The Labute approximate surface area is 112 Å². The van der Waals surface area contributed by atoms with Crippen molar-refractivity contribution in [2.24, 2.45) is 0 Å². The molecule has 0 amide bonds. The van der Waals surface area contributed by atoms with Gasteiger partial charge in [0.15, 0.2) is 5.78 Å². The Morgan fingerprint density at radius 3 is 2.37 bits per heavy atom. The maximum Gasteiger partial charge on any atom is 0.293 e. The third-order valence-corrected chi connectivity index (χ3v) is 2.87. The summed E-state index contributed by atoms with van der Waals surface area (Å²) in [6, 6.07) is 4.59. The second kappa shape index (κ2) is 6.29. The van der Waals surface area contributed by atoms with Crippen molar-refractivity contribution >= 4 is 17.2 Å². The lowest BCUT2D eigenvalue weighted by molar-refractivity contribution is -0.384. The van der Waals surface area contributed by atoms with Gasteiger partial charge in [-0.1, -0.05) is 0 Å². The number of ketones is 1. The summed E-state index contributed by atoms with van der Waals surface area (Å²) < 4.78 is 0. The van der Waals surface area contributed by atoms with Crippen molar-refractivity contribution in [1.29, 1.82) is 0 Å². The van der Waals surface area contributed by atoms with Gasteiger partial charge in [-0.05, 0) is 33.2 Å². The standard InChI is InChI=1S/C13H19N3O3/c1-10(17)11-5-6-12(13(9-11)16(18)19)15(4)8-7-14(2)3/h5-6,9H,7-8H2,1-4H3. The number of hydrogen-bond acceptors (Lipinski definition) is 5. The molecular formula is C13H19N3O3. The van der Waals surface area contributed by atoms with Gasteiger partial charge in [-0.15, -0.1) is 0 Å². The van der Waals surface area contributed by atoms with E-state index in [4.69, 9.17) is 0 Å². The van der Waals surface area contributed by atoms with Crippen LogP contribution in [-0.2, 0) is 0 Å². The average Bonchev–Trinajstić information content (AvgIpc) is 2.34. The van der Waals surface area contributed by atoms with E-state index in [0.717, 1.165) is 6.54 Å². The van der Waals surface area contributed by atoms with Crippen LogP contribution in [0.5, 0.6) is 0 Å². The smallest absolute Gasteiger partial charge is 0.293 e. The fourth-order valence-electron chi connectivity index (χ4n) is 1.68. The van der Waals surface area contributed by atoms with Crippen molar-refractivity contribution in [2.45, 2.75) is 6.92 Å². The highest BCUT2D eigenvalue weighted by Gasteiger charge is 2.18. The maximum absolute atomic E-state index is 11.3. The highest BCUT2D eigenvalue weighted by atomic mass is 16.6. The highest BCUT2D eigenvalue weighted by molar-refractivity contribution is 5.95. The summed E-state index contributed by atoms with van der Waals surface area (Å²) in [5.41, 5.74) is 0.849. The van der Waals surface area contributed by atoms with E-state index in [1.54, 1.807) is 19.2 Å². The lowest BCUT2D eigenvalue weighted by Crippen LogP contribution is -2.28. The van der Waals surface area contributed by atoms with E-state index in [2.05, 4.69) is 0 Å². The van der Waals surface area contributed by atoms with Gasteiger partial charge in [0.05, 0.1) is 4.92 Å². The number of carbonyl (C=O) groups is 1. The Kier molecular flexibility index (Phi) is 5.00. The SMILES string of the molecule is CC(=O)c1ccc(N(C)CCN(C)C)c([N+](=O)[O-])c1. The predicted molar refractivity (Wildman–Crippen MR) is 74.9 cm³/mol. The number of carbonyl (C=O) groups excluding carboxylic acids is 1. The fourth-order valence-corrected chi connectivity index (χ4v) is 1.68. The van der Waals surface area contributed by atoms with Crippen molar-refractivity contribution in [1.82, 2.24) is 4.90 Å². The second-order valence-corrected chi connectivity index (χ2v) is 4.74. The molecule has 0 atom stereocenters. The normalized spacial score (nSPS) is 10.6. The Balaban J connectivity index is 3.06. The summed E-state index contributed by atoms with van der Waals surface area (Å²) in [5, 5.41) is 11.1. The molecule has 0 aliphatic rings. The van der Waals surface area contributed by atoms with Gasteiger partial charge in [0.1, 0.15) is 5.69 Å². The maximum atomic E-state index is 11.3. The zero-order valence-corrected chi connectivity index (χ0v) is 11.7. The highest BCUT2D eigenvalue weighted by Crippen LogP contribution is 2.28. The van der Waals surface area contributed by atoms with Crippen molar-refractivity contribution in [2.75, 3.05) is 39.1 Å². The molecular weight excluding hydrogens is 246 g/mol. The minimum Gasteiger partial charge on any atom is -0.368 e. The quantitative estimate of drug-likeness (QED) is 0.445. The van der Waals surface area contributed by atoms with Gasteiger partial charge in [0.25, 0.3) is 5.69 Å². The van der Waals surface area contributed by atoms with Crippen LogP contribution in [0.2, 0.25) is 0 Å². The molecule has 0 heterocycles. The van der Waals surface area contributed by atoms with Gasteiger partial charge in [-0.3, -0.25) is 14.9 Å². The van der Waals surface area contributed by atoms with E-state index >= 15 is 0 Å². The van der Waals surface area contributed by atoms with Crippen LogP contribution in [0, 0.1) is 10.1 Å². The number of benzene rings is 1. The van der Waals surface area contributed by atoms with Crippen LogP contribution in [0.25, 0.3) is 0 Å². The molecule has 0 fully saturated rings. The zero-order valence-electron chi connectivity index (χ0n) is 11.7. The first-order valence-corrected chi connectivity index (χ1v) is 5.98. The van der Waals surface area contributed by atoms with Crippen molar-refractivity contribution in [3.63, 3.8) is 0 Å². The number of hydrogen-bond donors (Lipinski definition) is 0. The Hall–Kier alpha value is -1.95. The molecule has 0 N–H and O–H groups in total. The van der Waals surface area contributed by atoms with Crippen LogP contribution in [-0.4, -0.2) is 49.8 Å². The topological polar surface area (TPSA) is 66.7 Å². The first-order chi connectivity index (χ1) is 8.82. The average molecular weight is 265 g/mol. The van der Waals surface area contributed by atoms with Crippen molar-refractivity contribution in [3.8, 4) is 0 Å². The molecule has 0 unspecified atom stereocenters. The van der Waals surface area contributed by atoms with Crippen LogP contribution in [0.1, 0.15) is 17.3 Å². The van der Waals surface area contributed by atoms with Gasteiger partial charge in [0.2, 0.25) is 0 Å². The molecule has 1 aromatic rings. The molecule has 0 saturated heterocycles. The third kappa shape index (κ3) is 4.03. The molecule has 0 saturated carbocycles. The number of nitrogens with zero attached hydrogens (tertiary/aromatic N) is 3. The number of nitro groups is 1. The van der Waals surface area contributed by atoms with Crippen LogP contribution in [0.15, 0.2) is 18.2 Å². The number of anilines is 1. The lowest BCUT2D eigenvalue weighted by Gasteiger charge is -2.21. The summed E-state index contributed by atoms with van der Waals surface area (Å²) in [4.78, 5) is 25.7. The first kappa shape index (κ1) is 15.1. The minimum atomic E-state index is -0.450. The van der Waals surface area contributed by atoms with Crippen LogP contribution in [0.4, 0.5) is 11.4 Å². The van der Waals surface area contributed by atoms with E-state index in [-0.39, 0.29) is 11.5 Å². The van der Waals surface area contributed by atoms with Gasteiger partial charge in [-0.2, -0.15) is 0 Å². The molecule has 0 bridgehead atoms. The summed E-state index contributed by atoms with van der Waals surface area (Å²) in [7, 11) is 5.70. The molecule has 0 spiro atoms. The van der Waals surface area contributed by atoms with Gasteiger partial charge in [0, 0.05) is 31.8 Å². The van der Waals surface area contributed by atoms with Gasteiger partial charge >= 0.3 is 0 Å². The van der Waals surface area contributed by atoms with E-state index < -0.39 is 4.92 Å². The van der Waals surface area contributed by atoms with E-state index in [9.17, 15) is 14.9 Å². The molecule has 104 valence electrons. The van der Waals surface area contributed by atoms with Gasteiger partial charge < -0.3 is 9.80 Å². The molecule has 0 aliphatic heterocycles. The second-order valence-electron chi connectivity index (χ2n) is 4.74. The monoisotopic (exact) mass is 265 g/mol. The van der Waals surface area contributed by atoms with Gasteiger partial charge in [-0.25, -0.2) is 0 Å². The first-order valence-electron chi connectivity index (χ1n) is 5.98. The molecule has 1 rings (SSSR count). The van der Waals surface area contributed by atoms with Crippen molar-refractivity contribution in [3.05, 3.63) is 33.9 Å². The molecule has 1 aromatic carbocycles. The summed E-state index contributed by atoms with van der Waals surface area (Å²) in [6.07, 6.45) is 0. The summed E-state index contributed by atoms with van der Waals surface area (Å²) in [5.74, 6) is -0.175. The predicted octanol–water partition coefficient (Wildman–Crippen LogP) is 1.80. The lowest BCUT2D eigenvalue weighted by atomic mass is 10.1. The number of nitro benzene ring substituents is 1.